The quantitative estimate of drug-likeness (QED) is 0.708. The number of carbonyl (C=O) groups excluding carboxylic acids is 1. The molecule has 0 radical (unpaired) electrons. The molecule has 134 valence electrons. The topological polar surface area (TPSA) is 80.9 Å². The zero-order valence-corrected chi connectivity index (χ0v) is 14.8. The maximum absolute atomic E-state index is 12.5. The number of rotatable bonds is 3. The molecular weight excluding hydrogens is 333 g/mol. The van der Waals surface area contributed by atoms with Crippen molar-refractivity contribution in [2.75, 3.05) is 0 Å². The fourth-order valence-electron chi connectivity index (χ4n) is 2.60. The van der Waals surface area contributed by atoms with Crippen LogP contribution in [0.4, 0.5) is 4.79 Å². The normalized spacial score (nSPS) is 11.4. The van der Waals surface area contributed by atoms with Crippen molar-refractivity contribution in [3.8, 4) is 11.5 Å². The van der Waals surface area contributed by atoms with Crippen molar-refractivity contribution < 1.29 is 24.3 Å². The van der Waals surface area contributed by atoms with Gasteiger partial charge in [0.05, 0.1) is 11.1 Å². The number of nitrogens with zero attached hydrogens (tertiary/aromatic N) is 1. The molecule has 0 spiro atoms. The molecule has 0 aliphatic heterocycles. The fraction of sp³-hybridized carbons (Fsp3) is 0.211. The van der Waals surface area contributed by atoms with Gasteiger partial charge in [-0.15, -0.1) is 0 Å². The number of fused-ring (bicyclic) bond motifs is 1. The van der Waals surface area contributed by atoms with Gasteiger partial charge in [0, 0.05) is 5.39 Å². The SMILES string of the molecule is CC(C)(C)OC(=O)n1c(B(O)O)cc2cc(Oc3ccccc3)ccc21. The second-order valence-corrected chi connectivity index (χ2v) is 6.89. The lowest BCUT2D eigenvalue weighted by atomic mass is 9.86. The molecule has 3 rings (SSSR count). The highest BCUT2D eigenvalue weighted by Gasteiger charge is 2.27. The highest BCUT2D eigenvalue weighted by Crippen LogP contribution is 2.26. The lowest BCUT2D eigenvalue weighted by Gasteiger charge is -2.21. The van der Waals surface area contributed by atoms with Gasteiger partial charge >= 0.3 is 13.2 Å². The van der Waals surface area contributed by atoms with Crippen molar-refractivity contribution >= 4 is 29.7 Å². The van der Waals surface area contributed by atoms with E-state index in [1.54, 1.807) is 39.0 Å². The Labute approximate surface area is 151 Å². The predicted octanol–water partition coefficient (Wildman–Crippen LogP) is 2.90. The summed E-state index contributed by atoms with van der Waals surface area (Å²) in [5.41, 5.74) is -0.171. The lowest BCUT2D eigenvalue weighted by Crippen LogP contribution is -2.40. The monoisotopic (exact) mass is 353 g/mol. The van der Waals surface area contributed by atoms with Crippen LogP contribution in [0.15, 0.2) is 54.6 Å². The Bertz CT molecular complexity index is 928. The standard InChI is InChI=1S/C19H20BNO5/c1-19(2,3)26-18(22)21-16-10-9-15(25-14-7-5-4-6-8-14)11-13(16)12-17(21)20(23)24/h4-12,23-24H,1-3H3. The van der Waals surface area contributed by atoms with E-state index in [2.05, 4.69) is 0 Å². The van der Waals surface area contributed by atoms with Gasteiger partial charge in [0.1, 0.15) is 17.1 Å². The third-order valence-corrected chi connectivity index (χ3v) is 3.62. The molecule has 0 fully saturated rings. The maximum Gasteiger partial charge on any atom is 0.506 e. The Balaban J connectivity index is 2.02. The Morgan fingerprint density at radius 1 is 1.00 bits per heavy atom. The van der Waals surface area contributed by atoms with Crippen LogP contribution < -0.4 is 10.3 Å². The van der Waals surface area contributed by atoms with Crippen molar-refractivity contribution in [1.82, 2.24) is 4.57 Å². The van der Waals surface area contributed by atoms with Crippen LogP contribution in [-0.2, 0) is 4.74 Å². The molecule has 26 heavy (non-hydrogen) atoms. The number of ether oxygens (including phenoxy) is 2. The molecule has 0 amide bonds. The first kappa shape index (κ1) is 18.0. The van der Waals surface area contributed by atoms with Crippen LogP contribution in [0.2, 0.25) is 0 Å². The van der Waals surface area contributed by atoms with Crippen molar-refractivity contribution in [3.63, 3.8) is 0 Å². The average molecular weight is 353 g/mol. The van der Waals surface area contributed by atoms with Gasteiger partial charge in [-0.2, -0.15) is 0 Å². The van der Waals surface area contributed by atoms with Gasteiger partial charge in [-0.05, 0) is 57.2 Å². The number of benzene rings is 2. The summed E-state index contributed by atoms with van der Waals surface area (Å²) < 4.78 is 12.3. The largest absolute Gasteiger partial charge is 0.506 e. The van der Waals surface area contributed by atoms with Gasteiger partial charge in [0.15, 0.2) is 0 Å². The van der Waals surface area contributed by atoms with E-state index in [1.165, 1.54) is 6.07 Å². The van der Waals surface area contributed by atoms with Crippen molar-refractivity contribution in [1.29, 1.82) is 0 Å². The van der Waals surface area contributed by atoms with Crippen LogP contribution in [-0.4, -0.2) is 33.4 Å². The first-order chi connectivity index (χ1) is 12.2. The molecule has 0 aliphatic rings. The third-order valence-electron chi connectivity index (χ3n) is 3.62. The summed E-state index contributed by atoms with van der Waals surface area (Å²) in [6.45, 7) is 5.24. The summed E-state index contributed by atoms with van der Waals surface area (Å²) in [5, 5.41) is 19.9. The molecule has 0 atom stereocenters. The van der Waals surface area contributed by atoms with E-state index in [9.17, 15) is 14.8 Å². The van der Waals surface area contributed by atoms with E-state index in [4.69, 9.17) is 9.47 Å². The van der Waals surface area contributed by atoms with Gasteiger partial charge in [-0.25, -0.2) is 4.79 Å². The number of para-hydroxylation sites is 1. The van der Waals surface area contributed by atoms with Crippen LogP contribution in [0.25, 0.3) is 10.9 Å². The first-order valence-electron chi connectivity index (χ1n) is 8.22. The smallest absolute Gasteiger partial charge is 0.457 e. The number of carbonyl (C=O) groups is 1. The minimum Gasteiger partial charge on any atom is -0.457 e. The molecule has 2 aromatic carbocycles. The molecule has 0 bridgehead atoms. The number of aromatic nitrogens is 1. The van der Waals surface area contributed by atoms with E-state index in [0.717, 1.165) is 4.57 Å². The van der Waals surface area contributed by atoms with Crippen molar-refractivity contribution in [2.45, 2.75) is 26.4 Å². The van der Waals surface area contributed by atoms with Crippen LogP contribution in [0.3, 0.4) is 0 Å². The Hall–Kier alpha value is -2.77. The van der Waals surface area contributed by atoms with Crippen LogP contribution in [0, 0.1) is 0 Å². The van der Waals surface area contributed by atoms with Crippen LogP contribution in [0.5, 0.6) is 11.5 Å². The second-order valence-electron chi connectivity index (χ2n) is 6.89. The summed E-state index contributed by atoms with van der Waals surface area (Å²) in [5.74, 6) is 1.25. The highest BCUT2D eigenvalue weighted by molar-refractivity contribution is 6.59. The Morgan fingerprint density at radius 2 is 1.69 bits per heavy atom. The van der Waals surface area contributed by atoms with Gasteiger partial charge in [0.25, 0.3) is 0 Å². The molecule has 2 N–H and O–H groups in total. The number of hydrogen-bond acceptors (Lipinski definition) is 5. The molecule has 1 aromatic heterocycles. The Morgan fingerprint density at radius 3 is 2.31 bits per heavy atom. The minimum atomic E-state index is -1.81. The molecule has 6 nitrogen and oxygen atoms in total. The highest BCUT2D eigenvalue weighted by atomic mass is 16.6. The van der Waals surface area contributed by atoms with E-state index in [1.807, 2.05) is 30.3 Å². The summed E-state index contributed by atoms with van der Waals surface area (Å²) in [7, 11) is -1.81. The summed E-state index contributed by atoms with van der Waals surface area (Å²) >= 11 is 0. The fourth-order valence-corrected chi connectivity index (χ4v) is 2.60. The van der Waals surface area contributed by atoms with E-state index in [0.29, 0.717) is 22.4 Å². The predicted molar refractivity (Wildman–Crippen MR) is 99.9 cm³/mol. The van der Waals surface area contributed by atoms with E-state index < -0.39 is 18.8 Å². The molecular formula is C19H20BNO5. The molecule has 7 heteroatoms. The van der Waals surface area contributed by atoms with Gasteiger partial charge in [-0.3, -0.25) is 4.57 Å². The molecule has 1 heterocycles. The Kier molecular flexibility index (Phi) is 4.76. The average Bonchev–Trinajstić information content (AvgIpc) is 2.93. The maximum atomic E-state index is 12.5. The van der Waals surface area contributed by atoms with Crippen LogP contribution in [0.1, 0.15) is 20.8 Å². The van der Waals surface area contributed by atoms with Crippen molar-refractivity contribution in [3.05, 3.63) is 54.6 Å². The summed E-state index contributed by atoms with van der Waals surface area (Å²) in [4.78, 5) is 12.5. The minimum absolute atomic E-state index is 0.0334. The number of hydrogen-bond donors (Lipinski definition) is 2. The van der Waals surface area contributed by atoms with Crippen LogP contribution >= 0.6 is 0 Å². The third kappa shape index (κ3) is 3.90. The summed E-state index contributed by atoms with van der Waals surface area (Å²) in [6, 6.07) is 16.0. The zero-order chi connectivity index (χ0) is 18.9. The van der Waals surface area contributed by atoms with E-state index >= 15 is 0 Å². The second kappa shape index (κ2) is 6.86. The first-order valence-corrected chi connectivity index (χ1v) is 8.22. The lowest BCUT2D eigenvalue weighted by molar-refractivity contribution is 0.0547. The van der Waals surface area contributed by atoms with Gasteiger partial charge in [0.2, 0.25) is 0 Å². The molecule has 0 saturated heterocycles. The molecule has 3 aromatic rings. The van der Waals surface area contributed by atoms with Gasteiger partial charge < -0.3 is 19.5 Å². The van der Waals surface area contributed by atoms with E-state index in [-0.39, 0.29) is 5.59 Å². The molecule has 0 aliphatic carbocycles. The van der Waals surface area contributed by atoms with Gasteiger partial charge in [-0.1, -0.05) is 18.2 Å². The zero-order valence-electron chi connectivity index (χ0n) is 14.8. The van der Waals surface area contributed by atoms with Crippen molar-refractivity contribution in [2.24, 2.45) is 0 Å². The molecule has 0 unspecified atom stereocenters. The molecule has 0 saturated carbocycles. The summed E-state index contributed by atoms with van der Waals surface area (Å²) in [6.07, 6.45) is -0.674.